The van der Waals surface area contributed by atoms with Crippen LogP contribution in [0.2, 0.25) is 0 Å². The Morgan fingerprint density at radius 2 is 1.69 bits per heavy atom. The van der Waals surface area contributed by atoms with E-state index in [0.29, 0.717) is 6.54 Å². The van der Waals surface area contributed by atoms with Gasteiger partial charge in [-0.1, -0.05) is 12.1 Å². The summed E-state index contributed by atoms with van der Waals surface area (Å²) in [5.41, 5.74) is 3.03. The number of carbonyl (C=O) groups is 3. The molecule has 0 saturated carbocycles. The Balaban J connectivity index is 0.000000534. The highest BCUT2D eigenvalue weighted by Crippen LogP contribution is 2.19. The average Bonchev–Trinajstić information content (AvgIpc) is 2.80. The molecule has 1 aliphatic heterocycles. The van der Waals surface area contributed by atoms with Gasteiger partial charge in [-0.15, -0.1) is 0 Å². The van der Waals surface area contributed by atoms with Crippen molar-refractivity contribution in [3.05, 3.63) is 54.1 Å². The number of anilines is 2. The molecule has 1 heterocycles. The number of rotatable bonds is 7. The first-order valence-corrected chi connectivity index (χ1v) is 9.91. The molecule has 0 unspecified atom stereocenters. The number of carboxylic acid groups (broad SMARTS) is 2. The molecule has 0 spiro atoms. The number of morpholine rings is 1. The predicted molar refractivity (Wildman–Crippen MR) is 118 cm³/mol. The number of methoxy groups -OCH3 is 1. The number of carbonyl (C=O) groups excluding carboxylic acids is 1. The molecule has 1 aliphatic rings. The smallest absolute Gasteiger partial charge is 0.414 e. The molecule has 0 aliphatic carbocycles. The van der Waals surface area contributed by atoms with Gasteiger partial charge in [-0.2, -0.15) is 0 Å². The van der Waals surface area contributed by atoms with Crippen LogP contribution in [0, 0.1) is 0 Å². The Kier molecular flexibility index (Phi) is 9.95. The van der Waals surface area contributed by atoms with Crippen molar-refractivity contribution in [2.75, 3.05) is 50.2 Å². The normalized spacial score (nSPS) is 12.8. The van der Waals surface area contributed by atoms with Crippen LogP contribution in [0.3, 0.4) is 0 Å². The minimum atomic E-state index is -1.82. The SMILES string of the molecule is COc1cccc(CNCC(=O)Nc2ccc(N3CCOCC3)cc2)c1.O=C(O)C(=O)O. The van der Waals surface area contributed by atoms with E-state index in [4.69, 9.17) is 29.3 Å². The lowest BCUT2D eigenvalue weighted by molar-refractivity contribution is -0.159. The summed E-state index contributed by atoms with van der Waals surface area (Å²) in [7, 11) is 1.64. The van der Waals surface area contributed by atoms with Crippen molar-refractivity contribution in [3.8, 4) is 5.75 Å². The molecular weight excluding hydrogens is 418 g/mol. The number of aliphatic carboxylic acids is 2. The van der Waals surface area contributed by atoms with Crippen LogP contribution in [0.5, 0.6) is 5.75 Å². The summed E-state index contributed by atoms with van der Waals surface area (Å²) in [5, 5.41) is 20.8. The molecule has 2 aromatic carbocycles. The van der Waals surface area contributed by atoms with Gasteiger partial charge in [0.1, 0.15) is 5.75 Å². The number of nitrogens with one attached hydrogen (secondary N) is 2. The minimum absolute atomic E-state index is 0.0629. The van der Waals surface area contributed by atoms with Gasteiger partial charge >= 0.3 is 11.9 Å². The van der Waals surface area contributed by atoms with Gasteiger partial charge in [-0.3, -0.25) is 4.79 Å². The molecule has 3 rings (SSSR count). The molecule has 1 saturated heterocycles. The van der Waals surface area contributed by atoms with Crippen LogP contribution in [-0.2, 0) is 25.7 Å². The van der Waals surface area contributed by atoms with E-state index in [1.165, 1.54) is 0 Å². The van der Waals surface area contributed by atoms with Crippen molar-refractivity contribution >= 4 is 29.2 Å². The number of hydrogen-bond acceptors (Lipinski definition) is 7. The standard InChI is InChI=1S/C20H25N3O3.C2H2O4/c1-25-19-4-2-3-16(13-19)14-21-15-20(24)22-17-5-7-18(8-6-17)23-9-11-26-12-10-23;3-1(4)2(5)6/h2-8,13,21H,9-12,14-15H2,1H3,(H,22,24);(H,3,4)(H,5,6). The number of nitrogens with zero attached hydrogens (tertiary/aromatic N) is 1. The van der Waals surface area contributed by atoms with Gasteiger partial charge in [-0.25, -0.2) is 9.59 Å². The maximum absolute atomic E-state index is 12.1. The number of ether oxygens (including phenoxy) is 2. The number of amides is 1. The first-order chi connectivity index (χ1) is 15.4. The van der Waals surface area contributed by atoms with Crippen LogP contribution in [0.15, 0.2) is 48.5 Å². The Labute approximate surface area is 185 Å². The highest BCUT2D eigenvalue weighted by Gasteiger charge is 2.11. The third kappa shape index (κ3) is 8.62. The van der Waals surface area contributed by atoms with Crippen LogP contribution >= 0.6 is 0 Å². The summed E-state index contributed by atoms with van der Waals surface area (Å²) < 4.78 is 10.6. The van der Waals surface area contributed by atoms with Crippen molar-refractivity contribution in [3.63, 3.8) is 0 Å². The second kappa shape index (κ2) is 12.9. The molecule has 1 fully saturated rings. The molecule has 0 atom stereocenters. The lowest BCUT2D eigenvalue weighted by Gasteiger charge is -2.28. The largest absolute Gasteiger partial charge is 0.497 e. The van der Waals surface area contributed by atoms with E-state index in [2.05, 4.69) is 15.5 Å². The summed E-state index contributed by atoms with van der Waals surface area (Å²) in [4.78, 5) is 32.6. The van der Waals surface area contributed by atoms with E-state index in [1.807, 2.05) is 48.5 Å². The van der Waals surface area contributed by atoms with Crippen LogP contribution in [0.25, 0.3) is 0 Å². The van der Waals surface area contributed by atoms with Gasteiger partial charge in [0.25, 0.3) is 0 Å². The monoisotopic (exact) mass is 445 g/mol. The van der Waals surface area contributed by atoms with E-state index in [0.717, 1.165) is 49.0 Å². The highest BCUT2D eigenvalue weighted by molar-refractivity contribution is 6.27. The molecule has 0 aromatic heterocycles. The molecule has 1 amide bonds. The first kappa shape index (κ1) is 24.6. The zero-order chi connectivity index (χ0) is 23.3. The molecular formula is C22H27N3O7. The Morgan fingerprint density at radius 1 is 1.03 bits per heavy atom. The van der Waals surface area contributed by atoms with Gasteiger partial charge in [0, 0.05) is 31.0 Å². The molecule has 0 bridgehead atoms. The van der Waals surface area contributed by atoms with Crippen LogP contribution < -0.4 is 20.3 Å². The lowest BCUT2D eigenvalue weighted by Crippen LogP contribution is -2.36. The average molecular weight is 445 g/mol. The van der Waals surface area contributed by atoms with Crippen LogP contribution in [-0.4, -0.2) is 68.0 Å². The maximum atomic E-state index is 12.1. The Bertz CT molecular complexity index is 885. The zero-order valence-electron chi connectivity index (χ0n) is 17.7. The molecule has 4 N–H and O–H groups in total. The van der Waals surface area contributed by atoms with E-state index < -0.39 is 11.9 Å². The quantitative estimate of drug-likeness (QED) is 0.466. The van der Waals surface area contributed by atoms with Crippen molar-refractivity contribution in [2.45, 2.75) is 6.54 Å². The molecule has 32 heavy (non-hydrogen) atoms. The van der Waals surface area contributed by atoms with E-state index in [1.54, 1.807) is 7.11 Å². The third-order valence-electron chi connectivity index (χ3n) is 4.46. The second-order valence-corrected chi connectivity index (χ2v) is 6.76. The van der Waals surface area contributed by atoms with Gasteiger partial charge < -0.3 is 35.2 Å². The first-order valence-electron chi connectivity index (χ1n) is 9.91. The summed E-state index contributed by atoms with van der Waals surface area (Å²) in [5.74, 6) is -2.90. The van der Waals surface area contributed by atoms with Gasteiger partial charge in [0.15, 0.2) is 0 Å². The van der Waals surface area contributed by atoms with E-state index in [9.17, 15) is 4.79 Å². The zero-order valence-corrected chi connectivity index (χ0v) is 17.7. The second-order valence-electron chi connectivity index (χ2n) is 6.76. The molecule has 2 aromatic rings. The molecule has 10 nitrogen and oxygen atoms in total. The van der Waals surface area contributed by atoms with E-state index in [-0.39, 0.29) is 12.5 Å². The topological polar surface area (TPSA) is 137 Å². The van der Waals surface area contributed by atoms with Crippen LogP contribution in [0.4, 0.5) is 11.4 Å². The van der Waals surface area contributed by atoms with Crippen molar-refractivity contribution in [1.82, 2.24) is 5.32 Å². The summed E-state index contributed by atoms with van der Waals surface area (Å²) in [6.45, 7) is 4.19. The number of benzene rings is 2. The Hall–Kier alpha value is -3.63. The van der Waals surface area contributed by atoms with E-state index >= 15 is 0 Å². The van der Waals surface area contributed by atoms with Gasteiger partial charge in [0.2, 0.25) is 5.91 Å². The fraction of sp³-hybridized carbons (Fsp3) is 0.318. The number of hydrogen-bond donors (Lipinski definition) is 4. The predicted octanol–water partition coefficient (Wildman–Crippen LogP) is 1.42. The summed E-state index contributed by atoms with van der Waals surface area (Å²) >= 11 is 0. The van der Waals surface area contributed by atoms with Crippen molar-refractivity contribution < 1.29 is 34.1 Å². The molecule has 10 heteroatoms. The highest BCUT2D eigenvalue weighted by atomic mass is 16.5. The molecule has 0 radical (unpaired) electrons. The Morgan fingerprint density at radius 3 is 2.28 bits per heavy atom. The fourth-order valence-electron chi connectivity index (χ4n) is 2.89. The fourth-order valence-corrected chi connectivity index (χ4v) is 2.89. The summed E-state index contributed by atoms with van der Waals surface area (Å²) in [6, 6.07) is 15.7. The lowest BCUT2D eigenvalue weighted by atomic mass is 10.2. The van der Waals surface area contributed by atoms with Gasteiger partial charge in [0.05, 0.1) is 26.9 Å². The summed E-state index contributed by atoms with van der Waals surface area (Å²) in [6.07, 6.45) is 0. The van der Waals surface area contributed by atoms with Crippen molar-refractivity contribution in [1.29, 1.82) is 0 Å². The number of carboxylic acids is 2. The third-order valence-corrected chi connectivity index (χ3v) is 4.46. The maximum Gasteiger partial charge on any atom is 0.414 e. The van der Waals surface area contributed by atoms with Crippen molar-refractivity contribution in [2.24, 2.45) is 0 Å². The minimum Gasteiger partial charge on any atom is -0.497 e. The molecule has 172 valence electrons. The van der Waals surface area contributed by atoms with Crippen LogP contribution in [0.1, 0.15) is 5.56 Å². The van der Waals surface area contributed by atoms with Gasteiger partial charge in [-0.05, 0) is 42.0 Å².